The van der Waals surface area contributed by atoms with Crippen LogP contribution in [0.5, 0.6) is 11.5 Å². The zero-order chi connectivity index (χ0) is 20.3. The molecule has 148 valence electrons. The minimum atomic E-state index is -0.792. The Balaban J connectivity index is 1.72. The van der Waals surface area contributed by atoms with Gasteiger partial charge in [0.1, 0.15) is 11.5 Å². The van der Waals surface area contributed by atoms with Gasteiger partial charge in [-0.25, -0.2) is 0 Å². The van der Waals surface area contributed by atoms with Crippen LogP contribution in [0, 0.1) is 0 Å². The minimum absolute atomic E-state index is 0.0193. The van der Waals surface area contributed by atoms with Crippen molar-refractivity contribution in [3.05, 3.63) is 46.4 Å². The van der Waals surface area contributed by atoms with Crippen molar-refractivity contribution in [3.63, 3.8) is 0 Å². The summed E-state index contributed by atoms with van der Waals surface area (Å²) in [5, 5.41) is 3.60. The maximum Gasteiger partial charge on any atom is 0.265 e. The van der Waals surface area contributed by atoms with Crippen molar-refractivity contribution in [2.45, 2.75) is 26.4 Å². The number of benzene rings is 2. The van der Waals surface area contributed by atoms with Crippen molar-refractivity contribution in [1.82, 2.24) is 0 Å². The third-order valence-corrected chi connectivity index (χ3v) is 4.71. The van der Waals surface area contributed by atoms with Crippen LogP contribution in [-0.4, -0.2) is 31.1 Å². The fourth-order valence-corrected chi connectivity index (χ4v) is 3.26. The standard InChI is InChI=1S/C20H20Cl2N2O4/c1-3-8-24-16-10-14(5-7-18(16)27-11-19(24)25)23-20(26)12(2)28-17-6-4-13(21)9-15(17)22/h4-7,9-10,12H,3,8,11H2,1-2H3,(H,23,26). The fraction of sp³-hybridized carbons (Fsp3) is 0.300. The molecule has 0 radical (unpaired) electrons. The van der Waals surface area contributed by atoms with Crippen molar-refractivity contribution in [3.8, 4) is 11.5 Å². The van der Waals surface area contributed by atoms with E-state index in [1.807, 2.05) is 6.92 Å². The lowest BCUT2D eigenvalue weighted by Gasteiger charge is -2.29. The summed E-state index contributed by atoms with van der Waals surface area (Å²) in [5.41, 5.74) is 1.19. The number of nitrogens with zero attached hydrogens (tertiary/aromatic N) is 1. The van der Waals surface area contributed by atoms with E-state index in [4.69, 9.17) is 32.7 Å². The summed E-state index contributed by atoms with van der Waals surface area (Å²) < 4.78 is 11.1. The Hall–Kier alpha value is -2.44. The van der Waals surface area contributed by atoms with Crippen LogP contribution in [0.1, 0.15) is 20.3 Å². The average Bonchev–Trinajstić information content (AvgIpc) is 2.66. The van der Waals surface area contributed by atoms with Gasteiger partial charge in [0, 0.05) is 17.3 Å². The van der Waals surface area contributed by atoms with E-state index in [0.29, 0.717) is 39.5 Å². The van der Waals surface area contributed by atoms with Gasteiger partial charge in [-0.3, -0.25) is 9.59 Å². The summed E-state index contributed by atoms with van der Waals surface area (Å²) in [6.45, 7) is 4.22. The number of anilines is 2. The smallest absolute Gasteiger partial charge is 0.265 e. The van der Waals surface area contributed by atoms with Crippen LogP contribution in [-0.2, 0) is 9.59 Å². The van der Waals surface area contributed by atoms with Crippen molar-refractivity contribution < 1.29 is 19.1 Å². The molecule has 0 saturated heterocycles. The molecular weight excluding hydrogens is 403 g/mol. The van der Waals surface area contributed by atoms with Gasteiger partial charge < -0.3 is 19.7 Å². The summed E-state index contributed by atoms with van der Waals surface area (Å²) in [6, 6.07) is 9.98. The van der Waals surface area contributed by atoms with Gasteiger partial charge in [-0.15, -0.1) is 0 Å². The highest BCUT2D eigenvalue weighted by atomic mass is 35.5. The molecule has 0 saturated carbocycles. The zero-order valence-corrected chi connectivity index (χ0v) is 17.0. The second-order valence-electron chi connectivity index (χ2n) is 6.34. The lowest BCUT2D eigenvalue weighted by atomic mass is 10.2. The van der Waals surface area contributed by atoms with E-state index in [1.165, 1.54) is 0 Å². The fourth-order valence-electron chi connectivity index (χ4n) is 2.81. The highest BCUT2D eigenvalue weighted by molar-refractivity contribution is 6.35. The van der Waals surface area contributed by atoms with E-state index in [0.717, 1.165) is 6.42 Å². The van der Waals surface area contributed by atoms with Gasteiger partial charge >= 0.3 is 0 Å². The molecule has 2 aromatic carbocycles. The van der Waals surface area contributed by atoms with Gasteiger partial charge in [-0.1, -0.05) is 30.1 Å². The van der Waals surface area contributed by atoms with E-state index in [-0.39, 0.29) is 18.4 Å². The van der Waals surface area contributed by atoms with Gasteiger partial charge in [-0.05, 0) is 49.7 Å². The second-order valence-corrected chi connectivity index (χ2v) is 7.18. The number of fused-ring (bicyclic) bond motifs is 1. The molecule has 2 aromatic rings. The molecule has 0 bridgehead atoms. The molecular formula is C20H20Cl2N2O4. The molecule has 0 spiro atoms. The molecule has 0 aromatic heterocycles. The van der Waals surface area contributed by atoms with E-state index in [2.05, 4.69) is 5.32 Å². The monoisotopic (exact) mass is 422 g/mol. The molecule has 0 aliphatic carbocycles. The lowest BCUT2D eigenvalue weighted by molar-refractivity contribution is -0.122. The summed E-state index contributed by atoms with van der Waals surface area (Å²) in [6.07, 6.45) is 0.0217. The lowest BCUT2D eigenvalue weighted by Crippen LogP contribution is -2.39. The maximum absolute atomic E-state index is 12.5. The Morgan fingerprint density at radius 3 is 2.79 bits per heavy atom. The molecule has 1 aliphatic rings. The first-order valence-electron chi connectivity index (χ1n) is 8.89. The molecule has 1 N–H and O–H groups in total. The van der Waals surface area contributed by atoms with Crippen molar-refractivity contribution in [2.75, 3.05) is 23.4 Å². The topological polar surface area (TPSA) is 67.9 Å². The number of hydrogen-bond acceptors (Lipinski definition) is 4. The predicted molar refractivity (Wildman–Crippen MR) is 110 cm³/mol. The van der Waals surface area contributed by atoms with Crippen molar-refractivity contribution >= 4 is 46.4 Å². The Morgan fingerprint density at radius 1 is 1.29 bits per heavy atom. The summed E-state index contributed by atoms with van der Waals surface area (Å²) in [5.74, 6) is 0.526. The Kier molecular flexibility index (Phi) is 6.31. The quantitative estimate of drug-likeness (QED) is 0.741. The van der Waals surface area contributed by atoms with E-state index < -0.39 is 6.10 Å². The second kappa shape index (κ2) is 8.71. The van der Waals surface area contributed by atoms with Crippen LogP contribution >= 0.6 is 23.2 Å². The Bertz CT molecular complexity index is 904. The molecule has 6 nitrogen and oxygen atoms in total. The van der Waals surface area contributed by atoms with Crippen molar-refractivity contribution in [2.24, 2.45) is 0 Å². The van der Waals surface area contributed by atoms with Gasteiger partial charge in [0.25, 0.3) is 11.8 Å². The number of rotatable bonds is 6. The first-order chi connectivity index (χ1) is 13.4. The number of ether oxygens (including phenoxy) is 2. The molecule has 0 fully saturated rings. The number of hydrogen-bond donors (Lipinski definition) is 1. The van der Waals surface area contributed by atoms with E-state index in [9.17, 15) is 9.59 Å². The molecule has 1 atom stereocenters. The molecule has 8 heteroatoms. The van der Waals surface area contributed by atoms with Gasteiger partial charge in [-0.2, -0.15) is 0 Å². The van der Waals surface area contributed by atoms with E-state index in [1.54, 1.807) is 48.2 Å². The third kappa shape index (κ3) is 4.51. The van der Waals surface area contributed by atoms with Crippen LogP contribution in [0.2, 0.25) is 10.0 Å². The molecule has 1 aliphatic heterocycles. The van der Waals surface area contributed by atoms with Gasteiger partial charge in [0.05, 0.1) is 10.7 Å². The Morgan fingerprint density at radius 2 is 2.07 bits per heavy atom. The molecule has 1 unspecified atom stereocenters. The summed E-state index contributed by atoms with van der Waals surface area (Å²) >= 11 is 12.0. The van der Waals surface area contributed by atoms with Crippen LogP contribution in [0.15, 0.2) is 36.4 Å². The average molecular weight is 423 g/mol. The zero-order valence-electron chi connectivity index (χ0n) is 15.5. The van der Waals surface area contributed by atoms with Gasteiger partial charge in [0.15, 0.2) is 12.7 Å². The SMILES string of the molecule is CCCN1C(=O)COc2ccc(NC(=O)C(C)Oc3ccc(Cl)cc3Cl)cc21. The summed E-state index contributed by atoms with van der Waals surface area (Å²) in [4.78, 5) is 26.3. The normalized spacial score (nSPS) is 14.1. The van der Waals surface area contributed by atoms with Crippen LogP contribution in [0.3, 0.4) is 0 Å². The number of amides is 2. The minimum Gasteiger partial charge on any atom is -0.482 e. The number of halogens is 2. The highest BCUT2D eigenvalue weighted by Crippen LogP contribution is 2.35. The Labute approximate surface area is 173 Å². The molecule has 28 heavy (non-hydrogen) atoms. The maximum atomic E-state index is 12.5. The van der Waals surface area contributed by atoms with Crippen LogP contribution in [0.4, 0.5) is 11.4 Å². The number of carbonyl (C=O) groups is 2. The largest absolute Gasteiger partial charge is 0.482 e. The number of carbonyl (C=O) groups excluding carboxylic acids is 2. The third-order valence-electron chi connectivity index (χ3n) is 4.18. The van der Waals surface area contributed by atoms with Crippen molar-refractivity contribution in [1.29, 1.82) is 0 Å². The highest BCUT2D eigenvalue weighted by Gasteiger charge is 2.25. The molecule has 2 amide bonds. The van der Waals surface area contributed by atoms with Crippen LogP contribution in [0.25, 0.3) is 0 Å². The molecule has 3 rings (SSSR count). The van der Waals surface area contributed by atoms with E-state index >= 15 is 0 Å². The molecule has 1 heterocycles. The first kappa shape index (κ1) is 20.3. The van der Waals surface area contributed by atoms with Gasteiger partial charge in [0.2, 0.25) is 0 Å². The predicted octanol–water partition coefficient (Wildman–Crippen LogP) is 4.53. The van der Waals surface area contributed by atoms with Crippen LogP contribution < -0.4 is 19.7 Å². The number of nitrogens with one attached hydrogen (secondary N) is 1. The first-order valence-corrected chi connectivity index (χ1v) is 9.64. The summed E-state index contributed by atoms with van der Waals surface area (Å²) in [7, 11) is 0.